The number of esters is 1. The number of nitrogens with zero attached hydrogens (tertiary/aromatic N) is 1. The highest BCUT2D eigenvalue weighted by atomic mass is 16.6. The number of nitrogens with one attached hydrogen (secondary N) is 1. The van der Waals surface area contributed by atoms with Crippen LogP contribution in [-0.4, -0.2) is 22.1 Å². The second kappa shape index (κ2) is 7.31. The average Bonchev–Trinajstić information content (AvgIpc) is 2.49. The van der Waals surface area contributed by atoms with Crippen LogP contribution in [0.5, 0.6) is 0 Å². The van der Waals surface area contributed by atoms with Gasteiger partial charge in [0.15, 0.2) is 0 Å². The van der Waals surface area contributed by atoms with Gasteiger partial charge in [0.25, 0.3) is 0 Å². The lowest BCUT2D eigenvalue weighted by molar-refractivity contribution is -0.155. The molecule has 2 aromatic rings. The molecule has 0 unspecified atom stereocenters. The van der Waals surface area contributed by atoms with Gasteiger partial charge in [0.1, 0.15) is 5.60 Å². The lowest BCUT2D eigenvalue weighted by Gasteiger charge is -2.27. The predicted octanol–water partition coefficient (Wildman–Crippen LogP) is 4.22. The minimum atomic E-state index is -0.423. The van der Waals surface area contributed by atoms with E-state index in [-0.39, 0.29) is 11.5 Å². The third kappa shape index (κ3) is 5.93. The smallest absolute Gasteiger partial charge is 0.306 e. The van der Waals surface area contributed by atoms with E-state index in [2.05, 4.69) is 42.3 Å². The van der Waals surface area contributed by atoms with Crippen LogP contribution in [0, 0.1) is 0 Å². The normalized spacial score (nSPS) is 12.4. The fourth-order valence-electron chi connectivity index (χ4n) is 2.47. The summed E-state index contributed by atoms with van der Waals surface area (Å²) in [6, 6.07) is 10.3. The van der Waals surface area contributed by atoms with Gasteiger partial charge in [0.05, 0.1) is 5.52 Å². The summed E-state index contributed by atoms with van der Waals surface area (Å²) < 4.78 is 5.37. The second-order valence-corrected chi connectivity index (χ2v) is 7.85. The van der Waals surface area contributed by atoms with Crippen LogP contribution >= 0.6 is 0 Å². The van der Waals surface area contributed by atoms with Crippen molar-refractivity contribution in [3.63, 3.8) is 0 Å². The van der Waals surface area contributed by atoms with E-state index < -0.39 is 5.60 Å². The zero-order chi connectivity index (χ0) is 17.8. The fourth-order valence-corrected chi connectivity index (χ4v) is 2.47. The largest absolute Gasteiger partial charge is 0.460 e. The first-order valence-corrected chi connectivity index (χ1v) is 8.45. The van der Waals surface area contributed by atoms with Crippen LogP contribution in [0.1, 0.15) is 53.0 Å². The number of fused-ring (bicyclic) bond motifs is 1. The lowest BCUT2D eigenvalue weighted by atomic mass is 9.97. The number of carbonyl (C=O) groups excluding carboxylic acids is 1. The average molecular weight is 328 g/mol. The zero-order valence-electron chi connectivity index (χ0n) is 15.3. The third-order valence-electron chi connectivity index (χ3n) is 3.81. The number of aromatic nitrogens is 1. The molecule has 0 atom stereocenters. The molecule has 1 aromatic carbocycles. The molecule has 1 aromatic heterocycles. The number of rotatable bonds is 6. The van der Waals surface area contributed by atoms with E-state index in [0.29, 0.717) is 6.42 Å². The van der Waals surface area contributed by atoms with E-state index in [0.717, 1.165) is 23.9 Å². The highest BCUT2D eigenvalue weighted by Crippen LogP contribution is 2.17. The topological polar surface area (TPSA) is 51.2 Å². The number of hydrogen-bond donors (Lipinski definition) is 1. The van der Waals surface area contributed by atoms with Crippen LogP contribution in [-0.2, 0) is 16.1 Å². The predicted molar refractivity (Wildman–Crippen MR) is 97.7 cm³/mol. The van der Waals surface area contributed by atoms with Gasteiger partial charge in [-0.15, -0.1) is 0 Å². The second-order valence-electron chi connectivity index (χ2n) is 7.85. The molecule has 1 N–H and O–H groups in total. The quantitative estimate of drug-likeness (QED) is 0.807. The van der Waals surface area contributed by atoms with E-state index in [1.54, 1.807) is 6.20 Å². The first kappa shape index (κ1) is 18.4. The van der Waals surface area contributed by atoms with Crippen molar-refractivity contribution < 1.29 is 9.53 Å². The van der Waals surface area contributed by atoms with Crippen molar-refractivity contribution in [2.45, 2.75) is 65.1 Å². The van der Waals surface area contributed by atoms with Crippen molar-refractivity contribution in [3.05, 3.63) is 42.1 Å². The monoisotopic (exact) mass is 328 g/mol. The highest BCUT2D eigenvalue weighted by molar-refractivity contribution is 5.78. The van der Waals surface area contributed by atoms with Gasteiger partial charge in [-0.2, -0.15) is 0 Å². The Morgan fingerprint density at radius 1 is 1.17 bits per heavy atom. The molecule has 0 aliphatic rings. The first-order chi connectivity index (χ1) is 11.1. The first-order valence-electron chi connectivity index (χ1n) is 8.45. The summed E-state index contributed by atoms with van der Waals surface area (Å²) in [6.45, 7) is 10.7. The standard InChI is InChI=1S/C20H28N2O2/c1-19(2,3)24-18(23)10-11-20(4,5)22-14-15-8-9-17-16(13-15)7-6-12-21-17/h6-9,12-13,22H,10-11,14H2,1-5H3. The van der Waals surface area contributed by atoms with Gasteiger partial charge in [0.2, 0.25) is 0 Å². The Hall–Kier alpha value is -1.94. The molecule has 0 amide bonds. The van der Waals surface area contributed by atoms with Crippen molar-refractivity contribution in [1.29, 1.82) is 0 Å². The molecule has 24 heavy (non-hydrogen) atoms. The maximum absolute atomic E-state index is 11.9. The number of hydrogen-bond acceptors (Lipinski definition) is 4. The van der Waals surface area contributed by atoms with Crippen molar-refractivity contribution in [2.24, 2.45) is 0 Å². The van der Waals surface area contributed by atoms with Gasteiger partial charge in [-0.25, -0.2) is 0 Å². The van der Waals surface area contributed by atoms with Crippen LogP contribution in [0.15, 0.2) is 36.5 Å². The molecule has 0 aliphatic carbocycles. The van der Waals surface area contributed by atoms with Crippen LogP contribution in [0.3, 0.4) is 0 Å². The summed E-state index contributed by atoms with van der Waals surface area (Å²) >= 11 is 0. The molecule has 0 radical (unpaired) electrons. The molecule has 4 heteroatoms. The maximum Gasteiger partial charge on any atom is 0.306 e. The fraction of sp³-hybridized carbons (Fsp3) is 0.500. The van der Waals surface area contributed by atoms with Gasteiger partial charge < -0.3 is 10.1 Å². The molecule has 0 saturated heterocycles. The van der Waals surface area contributed by atoms with Crippen molar-refractivity contribution in [1.82, 2.24) is 10.3 Å². The van der Waals surface area contributed by atoms with Crippen molar-refractivity contribution >= 4 is 16.9 Å². The summed E-state index contributed by atoms with van der Waals surface area (Å²) in [5.41, 5.74) is 1.65. The Labute approximate surface area is 144 Å². The molecular formula is C20H28N2O2. The van der Waals surface area contributed by atoms with Crippen molar-refractivity contribution in [3.8, 4) is 0 Å². The van der Waals surface area contributed by atoms with E-state index in [1.807, 2.05) is 32.9 Å². The van der Waals surface area contributed by atoms with E-state index in [4.69, 9.17) is 4.74 Å². The van der Waals surface area contributed by atoms with Gasteiger partial charge in [0, 0.05) is 30.1 Å². The third-order valence-corrected chi connectivity index (χ3v) is 3.81. The number of carbonyl (C=O) groups is 1. The Kier molecular flexibility index (Phi) is 5.60. The van der Waals surface area contributed by atoms with Crippen LogP contribution < -0.4 is 5.32 Å². The molecule has 1 heterocycles. The van der Waals surface area contributed by atoms with Crippen LogP contribution in [0.4, 0.5) is 0 Å². The van der Waals surface area contributed by atoms with E-state index in [9.17, 15) is 4.79 Å². The van der Waals surface area contributed by atoms with Gasteiger partial charge in [-0.1, -0.05) is 12.1 Å². The summed E-state index contributed by atoms with van der Waals surface area (Å²) in [4.78, 5) is 16.2. The Balaban J connectivity index is 1.88. The lowest BCUT2D eigenvalue weighted by Crippen LogP contribution is -2.39. The molecule has 0 spiro atoms. The molecule has 2 rings (SSSR count). The molecule has 0 aliphatic heterocycles. The molecule has 130 valence electrons. The molecule has 0 saturated carbocycles. The number of benzene rings is 1. The Bertz CT molecular complexity index is 702. The number of ether oxygens (including phenoxy) is 1. The SMILES string of the molecule is CC(C)(CCC(=O)OC(C)(C)C)NCc1ccc2ncccc2c1. The van der Waals surface area contributed by atoms with E-state index in [1.165, 1.54) is 5.56 Å². The van der Waals surface area contributed by atoms with Gasteiger partial charge in [-0.3, -0.25) is 9.78 Å². The van der Waals surface area contributed by atoms with E-state index >= 15 is 0 Å². The minimum absolute atomic E-state index is 0.138. The minimum Gasteiger partial charge on any atom is -0.460 e. The summed E-state index contributed by atoms with van der Waals surface area (Å²) in [5, 5.41) is 4.67. The van der Waals surface area contributed by atoms with Gasteiger partial charge >= 0.3 is 5.97 Å². The maximum atomic E-state index is 11.9. The van der Waals surface area contributed by atoms with Gasteiger partial charge in [-0.05, 0) is 64.8 Å². The molecule has 0 fully saturated rings. The zero-order valence-corrected chi connectivity index (χ0v) is 15.3. The summed E-state index contributed by atoms with van der Waals surface area (Å²) in [7, 11) is 0. The number of pyridine rings is 1. The molecular weight excluding hydrogens is 300 g/mol. The molecule has 0 bridgehead atoms. The summed E-state index contributed by atoms with van der Waals surface area (Å²) in [5.74, 6) is -0.144. The Morgan fingerprint density at radius 2 is 1.92 bits per heavy atom. The highest BCUT2D eigenvalue weighted by Gasteiger charge is 2.21. The molecule has 4 nitrogen and oxygen atoms in total. The Morgan fingerprint density at radius 3 is 2.62 bits per heavy atom. The van der Waals surface area contributed by atoms with Crippen LogP contribution in [0.25, 0.3) is 10.9 Å². The van der Waals surface area contributed by atoms with Crippen molar-refractivity contribution in [2.75, 3.05) is 0 Å². The summed E-state index contributed by atoms with van der Waals surface area (Å²) in [6.07, 6.45) is 2.95. The van der Waals surface area contributed by atoms with Crippen LogP contribution in [0.2, 0.25) is 0 Å².